The Morgan fingerprint density at radius 3 is 2.75 bits per heavy atom. The Morgan fingerprint density at radius 2 is 2.25 bits per heavy atom. The zero-order valence-corrected chi connectivity index (χ0v) is 9.58. The molecule has 0 aromatic carbocycles. The Morgan fingerprint density at radius 1 is 1.50 bits per heavy atom. The molecule has 1 rings (SSSR count). The predicted molar refractivity (Wildman–Crippen MR) is 60.3 cm³/mol. The van der Waals surface area contributed by atoms with Gasteiger partial charge in [-0.25, -0.2) is 18.1 Å². The van der Waals surface area contributed by atoms with Crippen molar-refractivity contribution in [3.63, 3.8) is 0 Å². The quantitative estimate of drug-likeness (QED) is 0.750. The lowest BCUT2D eigenvalue weighted by Gasteiger charge is -2.05. The highest BCUT2D eigenvalue weighted by atomic mass is 32.2. The molecule has 0 saturated heterocycles. The maximum absolute atomic E-state index is 11.1. The standard InChI is InChI=1S/C9H12N4O2S/c1-11-16(14,15)5-4-12-9-3-2-8(6-10)13-7-9/h2-3,7,11-12H,4-5H2,1H3. The molecule has 86 valence electrons. The summed E-state index contributed by atoms with van der Waals surface area (Å²) in [5.41, 5.74) is 1.01. The van der Waals surface area contributed by atoms with Crippen molar-refractivity contribution in [1.29, 1.82) is 5.26 Å². The van der Waals surface area contributed by atoms with Crippen LogP contribution >= 0.6 is 0 Å². The first kappa shape index (κ1) is 12.4. The first-order chi connectivity index (χ1) is 7.57. The third kappa shape index (κ3) is 3.84. The molecule has 0 atom stereocenters. The van der Waals surface area contributed by atoms with Gasteiger partial charge in [0.2, 0.25) is 10.0 Å². The molecular weight excluding hydrogens is 228 g/mol. The second-order valence-electron chi connectivity index (χ2n) is 2.99. The van der Waals surface area contributed by atoms with Gasteiger partial charge in [-0.3, -0.25) is 0 Å². The number of aromatic nitrogens is 1. The van der Waals surface area contributed by atoms with Crippen LogP contribution in [-0.2, 0) is 10.0 Å². The summed E-state index contributed by atoms with van der Waals surface area (Å²) in [6.07, 6.45) is 1.49. The molecule has 0 radical (unpaired) electrons. The number of nitrogens with zero attached hydrogens (tertiary/aromatic N) is 2. The number of nitriles is 1. The molecule has 0 aliphatic heterocycles. The molecule has 1 aromatic rings. The van der Waals surface area contributed by atoms with Gasteiger partial charge in [-0.2, -0.15) is 5.26 Å². The third-order valence-corrected chi connectivity index (χ3v) is 3.25. The fourth-order valence-electron chi connectivity index (χ4n) is 0.996. The summed E-state index contributed by atoms with van der Waals surface area (Å²) in [4.78, 5) is 3.84. The van der Waals surface area contributed by atoms with Crippen LogP contribution in [0.2, 0.25) is 0 Å². The second kappa shape index (κ2) is 5.44. The lowest BCUT2D eigenvalue weighted by atomic mass is 10.3. The fourth-order valence-corrected chi connectivity index (χ4v) is 1.57. The largest absolute Gasteiger partial charge is 0.383 e. The Labute approximate surface area is 94.4 Å². The van der Waals surface area contributed by atoms with E-state index in [0.29, 0.717) is 11.4 Å². The van der Waals surface area contributed by atoms with Gasteiger partial charge in [-0.05, 0) is 19.2 Å². The highest BCUT2D eigenvalue weighted by molar-refractivity contribution is 7.89. The minimum Gasteiger partial charge on any atom is -0.383 e. The summed E-state index contributed by atoms with van der Waals surface area (Å²) in [7, 11) is -1.81. The normalized spacial score (nSPS) is 10.8. The maximum Gasteiger partial charge on any atom is 0.213 e. The van der Waals surface area contributed by atoms with Crippen LogP contribution in [-0.4, -0.2) is 32.7 Å². The average molecular weight is 240 g/mol. The van der Waals surface area contributed by atoms with Gasteiger partial charge in [-0.1, -0.05) is 0 Å². The first-order valence-electron chi connectivity index (χ1n) is 4.58. The number of rotatable bonds is 5. The summed E-state index contributed by atoms with van der Waals surface area (Å²) < 4.78 is 24.4. The molecule has 7 heteroatoms. The Hall–Kier alpha value is -1.65. The SMILES string of the molecule is CNS(=O)(=O)CCNc1ccc(C#N)nc1. The summed E-state index contributed by atoms with van der Waals surface area (Å²) in [5, 5.41) is 11.4. The van der Waals surface area contributed by atoms with Crippen molar-refractivity contribution >= 4 is 15.7 Å². The topological polar surface area (TPSA) is 94.9 Å². The smallest absolute Gasteiger partial charge is 0.213 e. The third-order valence-electron chi connectivity index (χ3n) is 1.89. The van der Waals surface area contributed by atoms with E-state index < -0.39 is 10.0 Å². The van der Waals surface area contributed by atoms with E-state index in [4.69, 9.17) is 5.26 Å². The highest BCUT2D eigenvalue weighted by Crippen LogP contribution is 2.04. The van der Waals surface area contributed by atoms with Gasteiger partial charge in [0, 0.05) is 6.54 Å². The Balaban J connectivity index is 2.47. The number of hydrogen-bond donors (Lipinski definition) is 2. The van der Waals surface area contributed by atoms with Crippen LogP contribution in [0, 0.1) is 11.3 Å². The highest BCUT2D eigenvalue weighted by Gasteiger charge is 2.05. The van der Waals surface area contributed by atoms with Crippen LogP contribution in [0.25, 0.3) is 0 Å². The number of nitrogens with one attached hydrogen (secondary N) is 2. The van der Waals surface area contributed by atoms with Gasteiger partial charge < -0.3 is 5.32 Å². The van der Waals surface area contributed by atoms with Crippen LogP contribution in [0.15, 0.2) is 18.3 Å². The average Bonchev–Trinajstić information content (AvgIpc) is 2.30. The summed E-state index contributed by atoms with van der Waals surface area (Å²) in [6.45, 7) is 0.288. The zero-order chi connectivity index (χ0) is 12.0. The van der Waals surface area contributed by atoms with Crippen molar-refractivity contribution in [3.05, 3.63) is 24.0 Å². The molecule has 1 heterocycles. The van der Waals surface area contributed by atoms with Crippen LogP contribution in [0.4, 0.5) is 5.69 Å². The van der Waals surface area contributed by atoms with Crippen molar-refractivity contribution in [2.24, 2.45) is 0 Å². The molecule has 1 aromatic heterocycles. The first-order valence-corrected chi connectivity index (χ1v) is 6.24. The van der Waals surface area contributed by atoms with Crippen molar-refractivity contribution in [1.82, 2.24) is 9.71 Å². The minimum absolute atomic E-state index is 0.0104. The van der Waals surface area contributed by atoms with E-state index in [1.807, 2.05) is 6.07 Å². The maximum atomic E-state index is 11.1. The van der Waals surface area contributed by atoms with Crippen LogP contribution in [0.1, 0.15) is 5.69 Å². The lowest BCUT2D eigenvalue weighted by Crippen LogP contribution is -2.26. The number of sulfonamides is 1. The van der Waals surface area contributed by atoms with E-state index in [1.54, 1.807) is 12.1 Å². The van der Waals surface area contributed by atoms with Gasteiger partial charge in [-0.15, -0.1) is 0 Å². The molecule has 0 aliphatic carbocycles. The molecule has 16 heavy (non-hydrogen) atoms. The minimum atomic E-state index is -3.19. The van der Waals surface area contributed by atoms with Crippen LogP contribution < -0.4 is 10.0 Å². The fraction of sp³-hybridized carbons (Fsp3) is 0.333. The van der Waals surface area contributed by atoms with Gasteiger partial charge in [0.05, 0.1) is 17.6 Å². The van der Waals surface area contributed by atoms with Crippen molar-refractivity contribution in [2.45, 2.75) is 0 Å². The van der Waals surface area contributed by atoms with Crippen molar-refractivity contribution in [3.8, 4) is 6.07 Å². The van der Waals surface area contributed by atoms with Crippen molar-refractivity contribution in [2.75, 3.05) is 24.7 Å². The zero-order valence-electron chi connectivity index (χ0n) is 8.77. The molecule has 6 nitrogen and oxygen atoms in total. The Bertz CT molecular complexity index is 475. The molecule has 0 aliphatic rings. The van der Waals surface area contributed by atoms with Crippen LogP contribution in [0.3, 0.4) is 0 Å². The van der Waals surface area contributed by atoms with E-state index in [-0.39, 0.29) is 12.3 Å². The molecule has 0 bridgehead atoms. The Kier molecular flexibility index (Phi) is 4.22. The van der Waals surface area contributed by atoms with Gasteiger partial charge >= 0.3 is 0 Å². The van der Waals surface area contributed by atoms with E-state index in [0.717, 1.165) is 0 Å². The molecule has 0 spiro atoms. The molecular formula is C9H12N4O2S. The van der Waals surface area contributed by atoms with Crippen LogP contribution in [0.5, 0.6) is 0 Å². The summed E-state index contributed by atoms with van der Waals surface area (Å²) in [5.74, 6) is -0.0104. The van der Waals surface area contributed by atoms with Gasteiger partial charge in [0.15, 0.2) is 0 Å². The number of anilines is 1. The van der Waals surface area contributed by atoms with E-state index in [1.165, 1.54) is 13.2 Å². The van der Waals surface area contributed by atoms with Gasteiger partial charge in [0.1, 0.15) is 11.8 Å². The summed E-state index contributed by atoms with van der Waals surface area (Å²) >= 11 is 0. The number of pyridine rings is 1. The number of hydrogen-bond acceptors (Lipinski definition) is 5. The summed E-state index contributed by atoms with van der Waals surface area (Å²) in [6, 6.07) is 5.14. The molecule has 2 N–H and O–H groups in total. The van der Waals surface area contributed by atoms with E-state index >= 15 is 0 Å². The molecule has 0 unspecified atom stereocenters. The van der Waals surface area contributed by atoms with E-state index in [9.17, 15) is 8.42 Å². The van der Waals surface area contributed by atoms with Gasteiger partial charge in [0.25, 0.3) is 0 Å². The van der Waals surface area contributed by atoms with Crippen molar-refractivity contribution < 1.29 is 8.42 Å². The molecule has 0 amide bonds. The second-order valence-corrected chi connectivity index (χ2v) is 5.04. The molecule has 0 saturated carbocycles. The molecule has 0 fully saturated rings. The van der Waals surface area contributed by atoms with E-state index in [2.05, 4.69) is 15.0 Å². The predicted octanol–water partition coefficient (Wildman–Crippen LogP) is -0.0856. The monoisotopic (exact) mass is 240 g/mol. The lowest BCUT2D eigenvalue weighted by molar-refractivity contribution is 0.588.